The number of nitrogens with one attached hydrogen (secondary N) is 2. The maximum atomic E-state index is 13.4. The first-order chi connectivity index (χ1) is 8.56. The van der Waals surface area contributed by atoms with Gasteiger partial charge in [-0.15, -0.1) is 0 Å². The van der Waals surface area contributed by atoms with Gasteiger partial charge in [0.25, 0.3) is 0 Å². The fourth-order valence-corrected chi connectivity index (χ4v) is 2.13. The molecule has 2 rings (SSSR count). The van der Waals surface area contributed by atoms with E-state index >= 15 is 0 Å². The van der Waals surface area contributed by atoms with E-state index in [2.05, 4.69) is 26.6 Å². The third kappa shape index (κ3) is 3.78. The molecule has 1 amide bonds. The summed E-state index contributed by atoms with van der Waals surface area (Å²) in [5, 5.41) is 6.00. The SMILES string of the molecule is Cc1cc(Br)c(F)cc1NC(=O)CCNC1CC1. The number of halogens is 2. The van der Waals surface area contributed by atoms with Crippen LogP contribution in [0.2, 0.25) is 0 Å². The van der Waals surface area contributed by atoms with Crippen LogP contribution in [-0.4, -0.2) is 18.5 Å². The van der Waals surface area contributed by atoms with E-state index in [0.29, 0.717) is 29.2 Å². The fraction of sp³-hybridized carbons (Fsp3) is 0.462. The molecule has 1 aromatic rings. The van der Waals surface area contributed by atoms with Crippen LogP contribution in [0.1, 0.15) is 24.8 Å². The third-order valence-electron chi connectivity index (χ3n) is 2.90. The van der Waals surface area contributed by atoms with Crippen molar-refractivity contribution in [3.8, 4) is 0 Å². The molecule has 1 aliphatic rings. The van der Waals surface area contributed by atoms with Gasteiger partial charge < -0.3 is 10.6 Å². The van der Waals surface area contributed by atoms with Gasteiger partial charge in [0.2, 0.25) is 5.91 Å². The molecule has 2 N–H and O–H groups in total. The quantitative estimate of drug-likeness (QED) is 0.877. The highest BCUT2D eigenvalue weighted by molar-refractivity contribution is 9.10. The van der Waals surface area contributed by atoms with E-state index < -0.39 is 0 Å². The molecule has 1 aliphatic carbocycles. The van der Waals surface area contributed by atoms with Crippen molar-refractivity contribution in [2.45, 2.75) is 32.2 Å². The lowest BCUT2D eigenvalue weighted by molar-refractivity contribution is -0.116. The average Bonchev–Trinajstić information content (AvgIpc) is 3.10. The van der Waals surface area contributed by atoms with Crippen LogP contribution < -0.4 is 10.6 Å². The zero-order valence-electron chi connectivity index (χ0n) is 10.2. The molecular weight excluding hydrogens is 299 g/mol. The molecule has 0 atom stereocenters. The number of rotatable bonds is 5. The third-order valence-corrected chi connectivity index (χ3v) is 3.51. The van der Waals surface area contributed by atoms with Gasteiger partial charge in [-0.25, -0.2) is 4.39 Å². The van der Waals surface area contributed by atoms with E-state index in [4.69, 9.17) is 0 Å². The van der Waals surface area contributed by atoms with Crippen LogP contribution in [0, 0.1) is 12.7 Å². The summed E-state index contributed by atoms with van der Waals surface area (Å²) in [7, 11) is 0. The van der Waals surface area contributed by atoms with E-state index in [1.165, 1.54) is 18.9 Å². The van der Waals surface area contributed by atoms with Gasteiger partial charge in [-0.1, -0.05) is 0 Å². The standard InChI is InChI=1S/C13H16BrFN2O/c1-8-6-10(14)11(15)7-12(8)17-13(18)4-5-16-9-2-3-9/h6-7,9,16H,2-5H2,1H3,(H,17,18). The monoisotopic (exact) mass is 314 g/mol. The molecule has 0 aromatic heterocycles. The minimum Gasteiger partial charge on any atom is -0.326 e. The number of benzene rings is 1. The van der Waals surface area contributed by atoms with Crippen LogP contribution in [0.5, 0.6) is 0 Å². The zero-order chi connectivity index (χ0) is 13.1. The van der Waals surface area contributed by atoms with E-state index in [0.717, 1.165) is 5.56 Å². The molecule has 5 heteroatoms. The number of carbonyl (C=O) groups is 1. The van der Waals surface area contributed by atoms with E-state index in [1.54, 1.807) is 6.07 Å². The molecule has 1 fully saturated rings. The Bertz CT molecular complexity index is 461. The van der Waals surface area contributed by atoms with Gasteiger partial charge in [0.1, 0.15) is 5.82 Å². The molecule has 0 heterocycles. The van der Waals surface area contributed by atoms with Crippen LogP contribution in [0.3, 0.4) is 0 Å². The van der Waals surface area contributed by atoms with E-state index in [1.807, 2.05) is 6.92 Å². The lowest BCUT2D eigenvalue weighted by Crippen LogP contribution is -2.23. The topological polar surface area (TPSA) is 41.1 Å². The van der Waals surface area contributed by atoms with Crippen LogP contribution in [-0.2, 0) is 4.79 Å². The molecule has 3 nitrogen and oxygen atoms in total. The Labute approximate surface area is 114 Å². The second-order valence-electron chi connectivity index (χ2n) is 4.61. The minimum absolute atomic E-state index is 0.0898. The molecular formula is C13H16BrFN2O. The molecule has 0 spiro atoms. The van der Waals surface area contributed by atoms with Crippen LogP contribution >= 0.6 is 15.9 Å². The molecule has 0 unspecified atom stereocenters. The summed E-state index contributed by atoms with van der Waals surface area (Å²) in [6, 6.07) is 3.60. The first-order valence-corrected chi connectivity index (χ1v) is 6.84. The smallest absolute Gasteiger partial charge is 0.225 e. The van der Waals surface area contributed by atoms with Gasteiger partial charge in [0.05, 0.1) is 4.47 Å². The summed E-state index contributed by atoms with van der Waals surface area (Å²) >= 11 is 3.11. The van der Waals surface area contributed by atoms with Gasteiger partial charge >= 0.3 is 0 Å². The molecule has 0 bridgehead atoms. The van der Waals surface area contributed by atoms with Crippen molar-refractivity contribution in [3.05, 3.63) is 28.0 Å². The molecule has 0 saturated heterocycles. The maximum Gasteiger partial charge on any atom is 0.225 e. The lowest BCUT2D eigenvalue weighted by Gasteiger charge is -2.09. The lowest BCUT2D eigenvalue weighted by atomic mass is 10.2. The van der Waals surface area contributed by atoms with Gasteiger partial charge in [0, 0.05) is 24.7 Å². The van der Waals surface area contributed by atoms with Crippen LogP contribution in [0.25, 0.3) is 0 Å². The van der Waals surface area contributed by atoms with Crippen molar-refractivity contribution < 1.29 is 9.18 Å². The number of amides is 1. The summed E-state index contributed by atoms with van der Waals surface area (Å²) < 4.78 is 13.8. The minimum atomic E-state index is -0.369. The van der Waals surface area contributed by atoms with Crippen molar-refractivity contribution in [1.29, 1.82) is 0 Å². The van der Waals surface area contributed by atoms with Crippen molar-refractivity contribution >= 4 is 27.5 Å². The summed E-state index contributed by atoms with van der Waals surface area (Å²) in [6.45, 7) is 2.51. The number of aryl methyl sites for hydroxylation is 1. The predicted molar refractivity (Wildman–Crippen MR) is 73.1 cm³/mol. The van der Waals surface area contributed by atoms with E-state index in [-0.39, 0.29) is 11.7 Å². The van der Waals surface area contributed by atoms with Gasteiger partial charge in [-0.2, -0.15) is 0 Å². The zero-order valence-corrected chi connectivity index (χ0v) is 11.8. The maximum absolute atomic E-state index is 13.4. The van der Waals surface area contributed by atoms with Crippen molar-refractivity contribution in [2.24, 2.45) is 0 Å². The van der Waals surface area contributed by atoms with Crippen molar-refractivity contribution in [3.63, 3.8) is 0 Å². The highest BCUT2D eigenvalue weighted by Crippen LogP contribution is 2.24. The Balaban J connectivity index is 1.87. The van der Waals surface area contributed by atoms with Crippen molar-refractivity contribution in [2.75, 3.05) is 11.9 Å². The average molecular weight is 315 g/mol. The summed E-state index contributed by atoms with van der Waals surface area (Å²) in [5.74, 6) is -0.458. The van der Waals surface area contributed by atoms with Gasteiger partial charge in [-0.05, 0) is 53.4 Å². The molecule has 98 valence electrons. The Hall–Kier alpha value is -0.940. The Morgan fingerprint density at radius 3 is 2.89 bits per heavy atom. The molecule has 0 aliphatic heterocycles. The first-order valence-electron chi connectivity index (χ1n) is 6.05. The number of carbonyl (C=O) groups excluding carboxylic acids is 1. The number of anilines is 1. The predicted octanol–water partition coefficient (Wildman–Crippen LogP) is 2.98. The molecule has 18 heavy (non-hydrogen) atoms. The molecule has 1 aromatic carbocycles. The second-order valence-corrected chi connectivity index (χ2v) is 5.46. The summed E-state index contributed by atoms with van der Waals surface area (Å²) in [4.78, 5) is 11.7. The molecule has 0 radical (unpaired) electrons. The summed E-state index contributed by atoms with van der Waals surface area (Å²) in [6.07, 6.45) is 2.82. The first kappa shape index (κ1) is 13.5. The molecule has 1 saturated carbocycles. The largest absolute Gasteiger partial charge is 0.326 e. The Morgan fingerprint density at radius 1 is 1.50 bits per heavy atom. The van der Waals surface area contributed by atoms with Crippen LogP contribution in [0.4, 0.5) is 10.1 Å². The van der Waals surface area contributed by atoms with Crippen molar-refractivity contribution in [1.82, 2.24) is 5.32 Å². The highest BCUT2D eigenvalue weighted by Gasteiger charge is 2.20. The van der Waals surface area contributed by atoms with Gasteiger partial charge in [-0.3, -0.25) is 4.79 Å². The summed E-state index contributed by atoms with van der Waals surface area (Å²) in [5.41, 5.74) is 1.37. The highest BCUT2D eigenvalue weighted by atomic mass is 79.9. The Morgan fingerprint density at radius 2 is 2.22 bits per heavy atom. The fourth-order valence-electron chi connectivity index (χ4n) is 1.67. The normalized spacial score (nSPS) is 14.6. The number of hydrogen-bond acceptors (Lipinski definition) is 2. The van der Waals surface area contributed by atoms with Gasteiger partial charge in [0.15, 0.2) is 0 Å². The van der Waals surface area contributed by atoms with Crippen LogP contribution in [0.15, 0.2) is 16.6 Å². The second kappa shape index (κ2) is 5.80. The number of hydrogen-bond donors (Lipinski definition) is 2. The van der Waals surface area contributed by atoms with E-state index in [9.17, 15) is 9.18 Å². The Kier molecular flexibility index (Phi) is 4.35.